The zero-order chi connectivity index (χ0) is 15.5. The molecule has 124 valence electrons. The van der Waals surface area contributed by atoms with Crippen molar-refractivity contribution in [2.24, 2.45) is 0 Å². The lowest BCUT2D eigenvalue weighted by molar-refractivity contribution is -0.125. The Kier molecular flexibility index (Phi) is 9.63. The van der Waals surface area contributed by atoms with Crippen molar-refractivity contribution in [2.75, 3.05) is 33.4 Å². The Balaban J connectivity index is 2.20. The molecule has 0 bridgehead atoms. The van der Waals surface area contributed by atoms with Crippen LogP contribution in [0.2, 0.25) is 0 Å². The number of methoxy groups -OCH3 is 1. The first-order valence-electron chi connectivity index (χ1n) is 8.38. The van der Waals surface area contributed by atoms with E-state index in [0.717, 1.165) is 25.9 Å². The summed E-state index contributed by atoms with van der Waals surface area (Å²) in [7, 11) is 1.68. The van der Waals surface area contributed by atoms with Crippen LogP contribution >= 0.6 is 0 Å². The standard InChI is InChI=1S/C16H32N2O3/c1-3-4-5-6-7-8-9-17-16(20)15-12-14(21-2)13-18(15)10-11-19/h14-15,19H,3-13H2,1-2H3,(H,17,20). The van der Waals surface area contributed by atoms with Crippen molar-refractivity contribution in [1.29, 1.82) is 0 Å². The molecule has 1 saturated heterocycles. The molecule has 0 aromatic rings. The van der Waals surface area contributed by atoms with E-state index in [1.807, 2.05) is 4.90 Å². The van der Waals surface area contributed by atoms with Crippen molar-refractivity contribution in [2.45, 2.75) is 64.0 Å². The number of aliphatic hydroxyl groups excluding tert-OH is 1. The van der Waals surface area contributed by atoms with Crippen molar-refractivity contribution < 1.29 is 14.6 Å². The first-order chi connectivity index (χ1) is 10.2. The SMILES string of the molecule is CCCCCCCCNC(=O)C1CC(OC)CN1CCO. The minimum atomic E-state index is -0.151. The van der Waals surface area contributed by atoms with Gasteiger partial charge in [0.25, 0.3) is 0 Å². The fourth-order valence-corrected chi connectivity index (χ4v) is 2.92. The summed E-state index contributed by atoms with van der Waals surface area (Å²) in [5.41, 5.74) is 0. The van der Waals surface area contributed by atoms with Gasteiger partial charge in [-0.1, -0.05) is 39.0 Å². The van der Waals surface area contributed by atoms with Gasteiger partial charge in [0.1, 0.15) is 0 Å². The topological polar surface area (TPSA) is 61.8 Å². The maximum absolute atomic E-state index is 12.2. The van der Waals surface area contributed by atoms with Gasteiger partial charge in [-0.05, 0) is 12.8 Å². The van der Waals surface area contributed by atoms with E-state index in [4.69, 9.17) is 9.84 Å². The molecule has 1 fully saturated rings. The summed E-state index contributed by atoms with van der Waals surface area (Å²) in [5.74, 6) is 0.0801. The number of carbonyl (C=O) groups is 1. The molecule has 0 aliphatic carbocycles. The van der Waals surface area contributed by atoms with Gasteiger partial charge in [0, 0.05) is 26.7 Å². The zero-order valence-corrected chi connectivity index (χ0v) is 13.6. The quantitative estimate of drug-likeness (QED) is 0.568. The molecule has 2 atom stereocenters. The summed E-state index contributed by atoms with van der Waals surface area (Å²) in [5, 5.41) is 12.1. The fraction of sp³-hybridized carbons (Fsp3) is 0.938. The number of hydrogen-bond acceptors (Lipinski definition) is 4. The summed E-state index contributed by atoms with van der Waals surface area (Å²) in [4.78, 5) is 14.3. The number of likely N-dealkylation sites (tertiary alicyclic amines) is 1. The fourth-order valence-electron chi connectivity index (χ4n) is 2.92. The highest BCUT2D eigenvalue weighted by atomic mass is 16.5. The van der Waals surface area contributed by atoms with Gasteiger partial charge in [-0.15, -0.1) is 0 Å². The smallest absolute Gasteiger partial charge is 0.237 e. The minimum Gasteiger partial charge on any atom is -0.395 e. The normalized spacial score (nSPS) is 22.6. The number of amides is 1. The first kappa shape index (κ1) is 18.4. The van der Waals surface area contributed by atoms with Crippen LogP contribution in [-0.2, 0) is 9.53 Å². The monoisotopic (exact) mass is 300 g/mol. The average Bonchev–Trinajstić information content (AvgIpc) is 2.90. The second kappa shape index (κ2) is 11.0. The largest absolute Gasteiger partial charge is 0.395 e. The van der Waals surface area contributed by atoms with Crippen molar-refractivity contribution in [3.8, 4) is 0 Å². The molecule has 5 heteroatoms. The number of aliphatic hydroxyl groups is 1. The van der Waals surface area contributed by atoms with Crippen LogP contribution in [0.15, 0.2) is 0 Å². The molecule has 0 spiro atoms. The predicted octanol–water partition coefficient (Wildman–Crippen LogP) is 1.54. The number of carbonyl (C=O) groups excluding carboxylic acids is 1. The van der Waals surface area contributed by atoms with Crippen LogP contribution in [0, 0.1) is 0 Å². The third kappa shape index (κ3) is 6.76. The Hall–Kier alpha value is -0.650. The van der Waals surface area contributed by atoms with Crippen LogP contribution < -0.4 is 5.32 Å². The van der Waals surface area contributed by atoms with Gasteiger partial charge >= 0.3 is 0 Å². The van der Waals surface area contributed by atoms with E-state index in [1.165, 1.54) is 32.1 Å². The number of β-amino-alcohol motifs (C(OH)–C–C–N with tert-alkyl or cyclic N) is 1. The number of nitrogens with zero attached hydrogens (tertiary/aromatic N) is 1. The highest BCUT2D eigenvalue weighted by Crippen LogP contribution is 2.19. The van der Waals surface area contributed by atoms with Gasteiger partial charge in [0.15, 0.2) is 0 Å². The van der Waals surface area contributed by atoms with E-state index < -0.39 is 0 Å². The lowest BCUT2D eigenvalue weighted by Gasteiger charge is -2.22. The van der Waals surface area contributed by atoms with Crippen molar-refractivity contribution >= 4 is 5.91 Å². The van der Waals surface area contributed by atoms with Crippen LogP contribution in [0.1, 0.15) is 51.9 Å². The van der Waals surface area contributed by atoms with Crippen LogP contribution in [0.4, 0.5) is 0 Å². The maximum Gasteiger partial charge on any atom is 0.237 e. The van der Waals surface area contributed by atoms with Crippen molar-refractivity contribution in [3.05, 3.63) is 0 Å². The van der Waals surface area contributed by atoms with E-state index >= 15 is 0 Å². The molecule has 2 unspecified atom stereocenters. The van der Waals surface area contributed by atoms with Gasteiger partial charge in [-0.25, -0.2) is 0 Å². The average molecular weight is 300 g/mol. The molecule has 2 N–H and O–H groups in total. The van der Waals surface area contributed by atoms with Gasteiger partial charge < -0.3 is 15.2 Å². The molecule has 5 nitrogen and oxygen atoms in total. The predicted molar refractivity (Wildman–Crippen MR) is 84.2 cm³/mol. The Bertz CT molecular complexity index is 287. The zero-order valence-electron chi connectivity index (χ0n) is 13.6. The third-order valence-corrected chi connectivity index (χ3v) is 4.22. The molecular weight excluding hydrogens is 268 g/mol. The van der Waals surface area contributed by atoms with Crippen LogP contribution in [0.5, 0.6) is 0 Å². The van der Waals surface area contributed by atoms with Gasteiger partial charge in [-0.3, -0.25) is 9.69 Å². The first-order valence-corrected chi connectivity index (χ1v) is 8.38. The van der Waals surface area contributed by atoms with Gasteiger partial charge in [0.05, 0.1) is 18.8 Å². The van der Waals surface area contributed by atoms with Gasteiger partial charge in [0.2, 0.25) is 5.91 Å². The second-order valence-corrected chi connectivity index (χ2v) is 5.89. The number of ether oxygens (including phenoxy) is 1. The number of nitrogens with one attached hydrogen (secondary N) is 1. The van der Waals surface area contributed by atoms with E-state index in [2.05, 4.69) is 12.2 Å². The molecule has 1 heterocycles. The van der Waals surface area contributed by atoms with E-state index in [1.54, 1.807) is 7.11 Å². The van der Waals surface area contributed by atoms with E-state index in [9.17, 15) is 4.79 Å². The lowest BCUT2D eigenvalue weighted by Crippen LogP contribution is -2.44. The highest BCUT2D eigenvalue weighted by molar-refractivity contribution is 5.82. The third-order valence-electron chi connectivity index (χ3n) is 4.22. The lowest BCUT2D eigenvalue weighted by atomic mass is 10.1. The summed E-state index contributed by atoms with van der Waals surface area (Å²) in [6.07, 6.45) is 8.19. The number of rotatable bonds is 11. The van der Waals surface area contributed by atoms with Gasteiger partial charge in [-0.2, -0.15) is 0 Å². The van der Waals surface area contributed by atoms with E-state index in [-0.39, 0.29) is 24.7 Å². The molecule has 0 saturated carbocycles. The Morgan fingerprint density at radius 1 is 1.29 bits per heavy atom. The molecule has 1 aliphatic rings. The van der Waals surface area contributed by atoms with Crippen molar-refractivity contribution in [3.63, 3.8) is 0 Å². The molecule has 0 aromatic heterocycles. The summed E-state index contributed by atoms with van der Waals surface area (Å²) in [6, 6.07) is -0.151. The molecular formula is C16H32N2O3. The molecule has 1 rings (SSSR count). The molecule has 21 heavy (non-hydrogen) atoms. The maximum atomic E-state index is 12.2. The van der Waals surface area contributed by atoms with Crippen LogP contribution in [-0.4, -0.2) is 61.4 Å². The molecule has 1 aliphatic heterocycles. The Labute approximate surface area is 129 Å². The minimum absolute atomic E-state index is 0.0801. The Morgan fingerprint density at radius 2 is 2.00 bits per heavy atom. The summed E-state index contributed by atoms with van der Waals surface area (Å²) < 4.78 is 5.35. The molecule has 0 aromatic carbocycles. The second-order valence-electron chi connectivity index (χ2n) is 5.89. The Morgan fingerprint density at radius 3 is 2.67 bits per heavy atom. The number of hydrogen-bond donors (Lipinski definition) is 2. The molecule has 1 amide bonds. The van der Waals surface area contributed by atoms with Crippen LogP contribution in [0.25, 0.3) is 0 Å². The molecule has 0 radical (unpaired) electrons. The van der Waals surface area contributed by atoms with Crippen molar-refractivity contribution in [1.82, 2.24) is 10.2 Å². The highest BCUT2D eigenvalue weighted by Gasteiger charge is 2.36. The summed E-state index contributed by atoms with van der Waals surface area (Å²) in [6.45, 7) is 4.32. The van der Waals surface area contributed by atoms with Crippen LogP contribution in [0.3, 0.4) is 0 Å². The summed E-state index contributed by atoms with van der Waals surface area (Å²) >= 11 is 0. The van der Waals surface area contributed by atoms with E-state index in [0.29, 0.717) is 6.54 Å². The number of unbranched alkanes of at least 4 members (excludes halogenated alkanes) is 5.